The molecule has 5 nitrogen and oxygen atoms in total. The highest BCUT2D eigenvalue weighted by Gasteiger charge is 2.56. The Kier molecular flexibility index (Phi) is 4.87. The van der Waals surface area contributed by atoms with Crippen LogP contribution in [0.1, 0.15) is 45.7 Å². The molecule has 5 heteroatoms. The van der Waals surface area contributed by atoms with Gasteiger partial charge in [-0.3, -0.25) is 14.5 Å². The summed E-state index contributed by atoms with van der Waals surface area (Å²) in [5.74, 6) is 0.368. The first-order valence-corrected chi connectivity index (χ1v) is 9.19. The molecule has 0 saturated carbocycles. The Morgan fingerprint density at radius 3 is 2.40 bits per heavy atom. The lowest BCUT2D eigenvalue weighted by molar-refractivity contribution is -0.134. The van der Waals surface area contributed by atoms with Crippen molar-refractivity contribution in [2.24, 2.45) is 5.92 Å². The van der Waals surface area contributed by atoms with Crippen LogP contribution in [0.25, 0.3) is 0 Å². The molecule has 3 rings (SSSR count). The van der Waals surface area contributed by atoms with E-state index in [1.807, 2.05) is 11.0 Å². The van der Waals surface area contributed by atoms with E-state index in [1.54, 1.807) is 13.8 Å². The molecule has 1 aromatic carbocycles. The van der Waals surface area contributed by atoms with Crippen LogP contribution >= 0.6 is 0 Å². The molecule has 2 heterocycles. The van der Waals surface area contributed by atoms with E-state index in [0.717, 1.165) is 19.5 Å². The second-order valence-electron chi connectivity index (χ2n) is 7.79. The van der Waals surface area contributed by atoms with Crippen molar-refractivity contribution in [2.45, 2.75) is 51.7 Å². The number of fused-ring (bicyclic) bond motifs is 1. The van der Waals surface area contributed by atoms with Gasteiger partial charge >= 0.3 is 0 Å². The van der Waals surface area contributed by atoms with Crippen molar-refractivity contribution in [1.29, 1.82) is 0 Å². The molecule has 0 radical (unpaired) electrons. The molecule has 2 fully saturated rings. The van der Waals surface area contributed by atoms with E-state index in [-0.39, 0.29) is 23.4 Å². The fourth-order valence-electron chi connectivity index (χ4n) is 4.76. The van der Waals surface area contributed by atoms with Gasteiger partial charge in [0.05, 0.1) is 5.54 Å². The fraction of sp³-hybridized carbons (Fsp3) is 0.600. The van der Waals surface area contributed by atoms with Crippen LogP contribution < -0.4 is 5.32 Å². The summed E-state index contributed by atoms with van der Waals surface area (Å²) >= 11 is 0. The molecule has 2 aliphatic rings. The highest BCUT2D eigenvalue weighted by Crippen LogP contribution is 2.48. The maximum Gasteiger partial charge on any atom is 0.219 e. The predicted molar refractivity (Wildman–Crippen MR) is 97.9 cm³/mol. The van der Waals surface area contributed by atoms with Crippen LogP contribution in [0, 0.1) is 5.92 Å². The first-order valence-electron chi connectivity index (χ1n) is 9.19. The van der Waals surface area contributed by atoms with Gasteiger partial charge < -0.3 is 10.2 Å². The van der Waals surface area contributed by atoms with E-state index in [9.17, 15) is 9.59 Å². The van der Waals surface area contributed by atoms with E-state index in [2.05, 4.69) is 48.3 Å². The summed E-state index contributed by atoms with van der Waals surface area (Å²) in [4.78, 5) is 28.4. The van der Waals surface area contributed by atoms with E-state index < -0.39 is 0 Å². The molecule has 25 heavy (non-hydrogen) atoms. The summed E-state index contributed by atoms with van der Waals surface area (Å²) in [5.41, 5.74) is 0.922. The number of rotatable bonds is 3. The van der Waals surface area contributed by atoms with Crippen molar-refractivity contribution < 1.29 is 9.59 Å². The molecule has 0 aromatic heterocycles. The number of nitrogens with one attached hydrogen (secondary N) is 1. The van der Waals surface area contributed by atoms with Crippen LogP contribution in [0.15, 0.2) is 30.3 Å². The Bertz CT molecular complexity index is 646. The largest absolute Gasteiger partial charge is 0.347 e. The van der Waals surface area contributed by atoms with Crippen LogP contribution in [-0.2, 0) is 9.59 Å². The summed E-state index contributed by atoms with van der Waals surface area (Å²) in [7, 11) is 0. The van der Waals surface area contributed by atoms with Crippen LogP contribution in [0.2, 0.25) is 0 Å². The summed E-state index contributed by atoms with van der Waals surface area (Å²) in [6, 6.07) is 11.2. The lowest BCUT2D eigenvalue weighted by atomic mass is 9.75. The minimum Gasteiger partial charge on any atom is -0.347 e. The average molecular weight is 343 g/mol. The number of carbonyl (C=O) groups is 2. The van der Waals surface area contributed by atoms with Gasteiger partial charge in [0, 0.05) is 51.5 Å². The molecule has 0 bridgehead atoms. The van der Waals surface area contributed by atoms with Crippen molar-refractivity contribution >= 4 is 11.8 Å². The zero-order valence-electron chi connectivity index (χ0n) is 15.7. The van der Waals surface area contributed by atoms with E-state index in [0.29, 0.717) is 18.5 Å². The van der Waals surface area contributed by atoms with Crippen molar-refractivity contribution in [2.75, 3.05) is 19.6 Å². The molecule has 136 valence electrons. The fourth-order valence-corrected chi connectivity index (χ4v) is 4.76. The van der Waals surface area contributed by atoms with Crippen molar-refractivity contribution in [3.63, 3.8) is 0 Å². The second-order valence-corrected chi connectivity index (χ2v) is 7.79. The van der Waals surface area contributed by atoms with Gasteiger partial charge in [-0.15, -0.1) is 0 Å². The topological polar surface area (TPSA) is 52.7 Å². The van der Waals surface area contributed by atoms with Gasteiger partial charge in [-0.25, -0.2) is 0 Å². The van der Waals surface area contributed by atoms with Crippen LogP contribution in [0.3, 0.4) is 0 Å². The Hall–Kier alpha value is -1.88. The molecule has 2 aliphatic heterocycles. The Labute approximate surface area is 150 Å². The molecule has 1 N–H and O–H groups in total. The summed E-state index contributed by atoms with van der Waals surface area (Å²) in [6.07, 6.45) is 0.905. The van der Waals surface area contributed by atoms with E-state index in [1.165, 1.54) is 5.56 Å². The lowest BCUT2D eigenvalue weighted by Crippen LogP contribution is -2.64. The van der Waals surface area contributed by atoms with E-state index in [4.69, 9.17) is 0 Å². The third kappa shape index (κ3) is 3.30. The maximum atomic E-state index is 12.0. The molecule has 0 spiro atoms. The van der Waals surface area contributed by atoms with Gasteiger partial charge in [-0.05, 0) is 25.8 Å². The molecular weight excluding hydrogens is 314 g/mol. The van der Waals surface area contributed by atoms with Gasteiger partial charge in [0.15, 0.2) is 0 Å². The first kappa shape index (κ1) is 17.9. The third-order valence-electron chi connectivity index (χ3n) is 5.77. The monoisotopic (exact) mass is 343 g/mol. The summed E-state index contributed by atoms with van der Waals surface area (Å²) < 4.78 is 0. The van der Waals surface area contributed by atoms with E-state index >= 15 is 0 Å². The molecular formula is C20H29N3O2. The number of likely N-dealkylation sites (tertiary alicyclic amines) is 2. The van der Waals surface area contributed by atoms with Crippen molar-refractivity contribution in [3.05, 3.63) is 35.9 Å². The van der Waals surface area contributed by atoms with Gasteiger partial charge in [-0.1, -0.05) is 30.3 Å². The smallest absolute Gasteiger partial charge is 0.219 e. The standard InChI is InChI=1S/C20H29N3O2/c1-14(2)23-13-20(21-15(3)24)12-22(16(4)25)11-10-18(20)19(23)17-8-6-5-7-9-17/h5-9,14,18-19H,10-13H2,1-4H3,(H,21,24)/t18-,19-,20-/m1/s1. The number of nitrogens with zero attached hydrogens (tertiary/aromatic N) is 2. The minimum atomic E-state index is -0.374. The lowest BCUT2D eigenvalue weighted by Gasteiger charge is -2.45. The quantitative estimate of drug-likeness (QED) is 0.915. The third-order valence-corrected chi connectivity index (χ3v) is 5.77. The average Bonchev–Trinajstić information content (AvgIpc) is 2.89. The highest BCUT2D eigenvalue weighted by atomic mass is 16.2. The SMILES string of the molecule is CC(=O)N[C@@]12CN(C(C)=O)CC[C@@H]1[C@@H](c1ccccc1)N(C(C)C)C2. The number of benzene rings is 1. The number of carbonyl (C=O) groups excluding carboxylic acids is 2. The number of piperidine rings is 1. The first-order chi connectivity index (χ1) is 11.8. The van der Waals surface area contributed by atoms with Crippen LogP contribution in [0.5, 0.6) is 0 Å². The van der Waals surface area contributed by atoms with Gasteiger partial charge in [0.2, 0.25) is 11.8 Å². The summed E-state index contributed by atoms with van der Waals surface area (Å²) in [6.45, 7) is 9.74. The zero-order valence-corrected chi connectivity index (χ0v) is 15.7. The highest BCUT2D eigenvalue weighted by molar-refractivity contribution is 5.76. The Balaban J connectivity index is 2.03. The maximum absolute atomic E-state index is 12.0. The minimum absolute atomic E-state index is 0.0205. The molecule has 2 saturated heterocycles. The molecule has 3 atom stereocenters. The van der Waals surface area contributed by atoms with Gasteiger partial charge in [-0.2, -0.15) is 0 Å². The van der Waals surface area contributed by atoms with Gasteiger partial charge in [0.25, 0.3) is 0 Å². The van der Waals surface area contributed by atoms with Crippen molar-refractivity contribution in [3.8, 4) is 0 Å². The number of hydrogen-bond donors (Lipinski definition) is 1. The Morgan fingerprint density at radius 2 is 1.84 bits per heavy atom. The van der Waals surface area contributed by atoms with Gasteiger partial charge in [0.1, 0.15) is 0 Å². The molecule has 0 unspecified atom stereocenters. The summed E-state index contributed by atoms with van der Waals surface area (Å²) in [5, 5.41) is 3.25. The molecule has 0 aliphatic carbocycles. The van der Waals surface area contributed by atoms with Crippen LogP contribution in [-0.4, -0.2) is 52.8 Å². The van der Waals surface area contributed by atoms with Crippen molar-refractivity contribution in [1.82, 2.24) is 15.1 Å². The molecule has 1 aromatic rings. The predicted octanol–water partition coefficient (Wildman–Crippen LogP) is 2.19. The number of hydrogen-bond acceptors (Lipinski definition) is 3. The Morgan fingerprint density at radius 1 is 1.16 bits per heavy atom. The second kappa shape index (κ2) is 6.79. The molecule has 2 amide bonds. The zero-order chi connectivity index (χ0) is 18.2. The number of amides is 2. The normalized spacial score (nSPS) is 29.6. The van der Waals surface area contributed by atoms with Crippen LogP contribution in [0.4, 0.5) is 0 Å².